The summed E-state index contributed by atoms with van der Waals surface area (Å²) in [6.45, 7) is 0. The number of benzene rings is 2. The van der Waals surface area contributed by atoms with Crippen LogP contribution in [0.15, 0.2) is 60.9 Å². The lowest BCUT2D eigenvalue weighted by atomic mass is 10.2. The molecule has 0 aliphatic rings. The molecule has 2 aromatic carbocycles. The minimum atomic E-state index is -0.320. The highest BCUT2D eigenvalue weighted by Crippen LogP contribution is 2.29. The van der Waals surface area contributed by atoms with Crippen molar-refractivity contribution in [2.45, 2.75) is 0 Å². The molecule has 0 saturated carbocycles. The zero-order valence-electron chi connectivity index (χ0n) is 15.4. The molecule has 7 heteroatoms. The lowest BCUT2D eigenvalue weighted by Crippen LogP contribution is -2.13. The first kappa shape index (κ1) is 18.7. The molecule has 0 aliphatic carbocycles. The normalized spacial score (nSPS) is 9.89. The van der Waals surface area contributed by atoms with Gasteiger partial charge in [-0.15, -0.1) is 0 Å². The Morgan fingerprint density at radius 3 is 2.46 bits per heavy atom. The standard InChI is InChI=1S/C21H18N4O3/c1-27-18-7-8-19(20(10-18)28-2)25-21(26)15-9-17(13-23-12-15)24-16-5-3-14(11-22)4-6-16/h3-10,12-13,24H,1-2H3,(H,25,26). The van der Waals surface area contributed by atoms with Crippen molar-refractivity contribution in [3.63, 3.8) is 0 Å². The van der Waals surface area contributed by atoms with Gasteiger partial charge in [0.1, 0.15) is 11.5 Å². The minimum absolute atomic E-state index is 0.320. The van der Waals surface area contributed by atoms with Crippen molar-refractivity contribution in [1.82, 2.24) is 4.98 Å². The fraction of sp³-hybridized carbons (Fsp3) is 0.0952. The van der Waals surface area contributed by atoms with Crippen molar-refractivity contribution in [3.8, 4) is 17.6 Å². The third-order valence-electron chi connectivity index (χ3n) is 3.96. The van der Waals surface area contributed by atoms with Gasteiger partial charge in [0.15, 0.2) is 0 Å². The summed E-state index contributed by atoms with van der Waals surface area (Å²) in [6, 6.07) is 15.9. The van der Waals surface area contributed by atoms with Crippen LogP contribution in [0.2, 0.25) is 0 Å². The fourth-order valence-electron chi connectivity index (χ4n) is 2.52. The number of nitrogens with zero attached hydrogens (tertiary/aromatic N) is 2. The van der Waals surface area contributed by atoms with Gasteiger partial charge >= 0.3 is 0 Å². The molecule has 7 nitrogen and oxygen atoms in total. The molecule has 0 aliphatic heterocycles. The molecular weight excluding hydrogens is 356 g/mol. The van der Waals surface area contributed by atoms with Gasteiger partial charge < -0.3 is 20.1 Å². The molecule has 0 atom stereocenters. The molecule has 1 amide bonds. The van der Waals surface area contributed by atoms with Gasteiger partial charge in [0.05, 0.1) is 49.0 Å². The highest BCUT2D eigenvalue weighted by molar-refractivity contribution is 6.05. The summed E-state index contributed by atoms with van der Waals surface area (Å²) in [5.41, 5.74) is 2.93. The Kier molecular flexibility index (Phi) is 5.72. The Morgan fingerprint density at radius 2 is 1.79 bits per heavy atom. The smallest absolute Gasteiger partial charge is 0.257 e. The number of hydrogen-bond acceptors (Lipinski definition) is 6. The van der Waals surface area contributed by atoms with Crippen molar-refractivity contribution >= 4 is 23.0 Å². The molecule has 0 fully saturated rings. The van der Waals surface area contributed by atoms with E-state index >= 15 is 0 Å². The van der Waals surface area contributed by atoms with Crippen LogP contribution in [-0.4, -0.2) is 25.1 Å². The predicted octanol–water partition coefficient (Wildman–Crippen LogP) is 3.97. The van der Waals surface area contributed by atoms with Gasteiger partial charge in [0.2, 0.25) is 0 Å². The van der Waals surface area contributed by atoms with Crippen LogP contribution in [0.3, 0.4) is 0 Å². The van der Waals surface area contributed by atoms with Crippen LogP contribution in [-0.2, 0) is 0 Å². The molecule has 2 N–H and O–H groups in total. The Labute approximate surface area is 162 Å². The summed E-state index contributed by atoms with van der Waals surface area (Å²) in [6.07, 6.45) is 3.10. The van der Waals surface area contributed by atoms with E-state index in [2.05, 4.69) is 21.7 Å². The van der Waals surface area contributed by atoms with Gasteiger partial charge in [-0.2, -0.15) is 5.26 Å². The molecule has 0 unspecified atom stereocenters. The van der Waals surface area contributed by atoms with E-state index in [4.69, 9.17) is 14.7 Å². The number of rotatable bonds is 6. The molecule has 1 heterocycles. The van der Waals surface area contributed by atoms with Crippen molar-refractivity contribution in [2.24, 2.45) is 0 Å². The molecular formula is C21H18N4O3. The number of hydrogen-bond donors (Lipinski definition) is 2. The molecule has 140 valence electrons. The van der Waals surface area contributed by atoms with Crippen LogP contribution in [0.25, 0.3) is 0 Å². The minimum Gasteiger partial charge on any atom is -0.497 e. The number of amides is 1. The topological polar surface area (TPSA) is 96.3 Å². The Hall–Kier alpha value is -4.05. The summed E-state index contributed by atoms with van der Waals surface area (Å²) in [5, 5.41) is 14.8. The number of anilines is 3. The van der Waals surface area contributed by atoms with E-state index in [1.807, 2.05) is 0 Å². The lowest BCUT2D eigenvalue weighted by Gasteiger charge is -2.12. The number of ether oxygens (including phenoxy) is 2. The zero-order valence-corrected chi connectivity index (χ0v) is 15.4. The number of carbonyl (C=O) groups excluding carboxylic acids is 1. The van der Waals surface area contributed by atoms with E-state index in [0.717, 1.165) is 5.69 Å². The second-order valence-corrected chi connectivity index (χ2v) is 5.80. The van der Waals surface area contributed by atoms with Crippen molar-refractivity contribution in [3.05, 3.63) is 72.1 Å². The van der Waals surface area contributed by atoms with Gasteiger partial charge in [-0.05, 0) is 42.5 Å². The lowest BCUT2D eigenvalue weighted by molar-refractivity contribution is 0.102. The van der Waals surface area contributed by atoms with Crippen molar-refractivity contribution < 1.29 is 14.3 Å². The Morgan fingerprint density at radius 1 is 1.00 bits per heavy atom. The summed E-state index contributed by atoms with van der Waals surface area (Å²) >= 11 is 0. The highest BCUT2D eigenvalue weighted by Gasteiger charge is 2.12. The number of aromatic nitrogens is 1. The maximum absolute atomic E-state index is 12.6. The molecule has 1 aromatic heterocycles. The van der Waals surface area contributed by atoms with Crippen LogP contribution < -0.4 is 20.1 Å². The Bertz CT molecular complexity index is 1030. The number of methoxy groups -OCH3 is 2. The van der Waals surface area contributed by atoms with E-state index in [9.17, 15) is 4.79 Å². The number of nitrogens with one attached hydrogen (secondary N) is 2. The molecule has 0 bridgehead atoms. The van der Waals surface area contributed by atoms with Gasteiger partial charge in [-0.1, -0.05) is 0 Å². The van der Waals surface area contributed by atoms with Crippen LogP contribution in [0.5, 0.6) is 11.5 Å². The largest absolute Gasteiger partial charge is 0.497 e. The maximum atomic E-state index is 12.6. The average Bonchev–Trinajstić information content (AvgIpc) is 2.74. The number of carbonyl (C=O) groups is 1. The van der Waals surface area contributed by atoms with Crippen molar-refractivity contribution in [1.29, 1.82) is 5.26 Å². The van der Waals surface area contributed by atoms with Crippen LogP contribution in [0.4, 0.5) is 17.1 Å². The third kappa shape index (κ3) is 4.37. The first-order valence-corrected chi connectivity index (χ1v) is 8.38. The molecule has 0 radical (unpaired) electrons. The molecule has 0 saturated heterocycles. The third-order valence-corrected chi connectivity index (χ3v) is 3.96. The van der Waals surface area contributed by atoms with Crippen LogP contribution >= 0.6 is 0 Å². The van der Waals surface area contributed by atoms with Crippen LogP contribution in [0, 0.1) is 11.3 Å². The maximum Gasteiger partial charge on any atom is 0.257 e. The van der Waals surface area contributed by atoms with Gasteiger partial charge in [0, 0.05) is 18.0 Å². The first-order valence-electron chi connectivity index (χ1n) is 8.38. The summed E-state index contributed by atoms with van der Waals surface area (Å²) in [4.78, 5) is 16.7. The van der Waals surface area contributed by atoms with E-state index in [1.165, 1.54) is 13.3 Å². The van der Waals surface area contributed by atoms with Gasteiger partial charge in [0.25, 0.3) is 5.91 Å². The SMILES string of the molecule is COc1ccc(NC(=O)c2cncc(Nc3ccc(C#N)cc3)c2)c(OC)c1. The number of pyridine rings is 1. The fourth-order valence-corrected chi connectivity index (χ4v) is 2.52. The van der Waals surface area contributed by atoms with E-state index in [-0.39, 0.29) is 5.91 Å². The summed E-state index contributed by atoms with van der Waals surface area (Å²) in [7, 11) is 3.08. The van der Waals surface area contributed by atoms with Crippen LogP contribution in [0.1, 0.15) is 15.9 Å². The van der Waals surface area contributed by atoms with Crippen molar-refractivity contribution in [2.75, 3.05) is 24.9 Å². The quantitative estimate of drug-likeness (QED) is 0.678. The highest BCUT2D eigenvalue weighted by atomic mass is 16.5. The summed E-state index contributed by atoms with van der Waals surface area (Å²) in [5.74, 6) is 0.803. The zero-order chi connectivity index (χ0) is 19.9. The monoisotopic (exact) mass is 374 g/mol. The van der Waals surface area contributed by atoms with E-state index in [0.29, 0.717) is 34.0 Å². The Balaban J connectivity index is 1.76. The first-order chi connectivity index (χ1) is 13.6. The average molecular weight is 374 g/mol. The summed E-state index contributed by atoms with van der Waals surface area (Å²) < 4.78 is 10.5. The molecule has 3 aromatic rings. The molecule has 3 rings (SSSR count). The van der Waals surface area contributed by atoms with Gasteiger partial charge in [-0.25, -0.2) is 0 Å². The number of nitriles is 1. The molecule has 28 heavy (non-hydrogen) atoms. The predicted molar refractivity (Wildman–Crippen MR) is 106 cm³/mol. The second kappa shape index (κ2) is 8.56. The van der Waals surface area contributed by atoms with Gasteiger partial charge in [-0.3, -0.25) is 9.78 Å². The van der Waals surface area contributed by atoms with E-state index in [1.54, 1.807) is 61.8 Å². The molecule has 0 spiro atoms. The van der Waals surface area contributed by atoms with E-state index < -0.39 is 0 Å². The second-order valence-electron chi connectivity index (χ2n) is 5.80.